The summed E-state index contributed by atoms with van der Waals surface area (Å²) in [6.07, 6.45) is 6.84. The largest absolute Gasteiger partial charge is 0.515 e. The van der Waals surface area contributed by atoms with E-state index in [1.54, 1.807) is 7.11 Å². The fourth-order valence-corrected chi connectivity index (χ4v) is 6.52. The third kappa shape index (κ3) is 8.58. The molecule has 0 aliphatic heterocycles. The van der Waals surface area contributed by atoms with Crippen molar-refractivity contribution >= 4 is 14.8 Å². The van der Waals surface area contributed by atoms with Crippen molar-refractivity contribution in [2.75, 3.05) is 46.3 Å². The highest BCUT2D eigenvalue weighted by atomic mass is 28.4. The number of carbonyl (C=O) groups is 1. The normalized spacial score (nSPS) is 17.4. The van der Waals surface area contributed by atoms with Gasteiger partial charge in [-0.3, -0.25) is 9.69 Å². The third-order valence-electron chi connectivity index (χ3n) is 5.06. The molecule has 0 amide bonds. The standard InChI is InChI=1S/C19H39NO6Si/c1-5-24-27(25-6-2,26-7-3)16-20(18-11-9-8-10-12-18)15-17(19(21)22)13-14-23-4/h17-18H,5-16H2,1-4H3,(H,21,22). The molecule has 0 aromatic rings. The molecular formula is C19H39NO6Si. The summed E-state index contributed by atoms with van der Waals surface area (Å²) in [5.41, 5.74) is 0. The van der Waals surface area contributed by atoms with Crippen LogP contribution in [0, 0.1) is 5.92 Å². The van der Waals surface area contributed by atoms with Gasteiger partial charge in [-0.05, 0) is 40.0 Å². The fraction of sp³-hybridized carbons (Fsp3) is 0.947. The maximum atomic E-state index is 11.8. The molecule has 0 saturated heterocycles. The first kappa shape index (κ1) is 24.5. The van der Waals surface area contributed by atoms with Crippen molar-refractivity contribution in [1.82, 2.24) is 4.90 Å². The highest BCUT2D eigenvalue weighted by Crippen LogP contribution is 2.26. The molecule has 160 valence electrons. The lowest BCUT2D eigenvalue weighted by Gasteiger charge is -2.40. The van der Waals surface area contributed by atoms with Gasteiger partial charge in [0.1, 0.15) is 0 Å². The molecule has 0 bridgehead atoms. The highest BCUT2D eigenvalue weighted by Gasteiger charge is 2.44. The van der Waals surface area contributed by atoms with Gasteiger partial charge in [0.15, 0.2) is 0 Å². The Morgan fingerprint density at radius 3 is 2.07 bits per heavy atom. The minimum Gasteiger partial charge on any atom is -0.481 e. The first-order valence-electron chi connectivity index (χ1n) is 10.4. The molecule has 0 aromatic heterocycles. The zero-order valence-corrected chi connectivity index (χ0v) is 18.6. The zero-order valence-electron chi connectivity index (χ0n) is 17.6. The molecule has 1 fully saturated rings. The number of carboxylic acid groups (broad SMARTS) is 1. The quantitative estimate of drug-likeness (QED) is 0.420. The minimum absolute atomic E-state index is 0.358. The molecule has 1 saturated carbocycles. The molecule has 1 rings (SSSR count). The third-order valence-corrected chi connectivity index (χ3v) is 8.03. The van der Waals surface area contributed by atoms with Crippen molar-refractivity contribution in [1.29, 1.82) is 0 Å². The van der Waals surface area contributed by atoms with Crippen LogP contribution in [0.15, 0.2) is 0 Å². The summed E-state index contributed by atoms with van der Waals surface area (Å²) < 4.78 is 23.2. The van der Waals surface area contributed by atoms with Gasteiger partial charge in [0.05, 0.1) is 12.1 Å². The Morgan fingerprint density at radius 1 is 1.07 bits per heavy atom. The first-order valence-corrected chi connectivity index (χ1v) is 12.3. The van der Waals surface area contributed by atoms with E-state index < -0.39 is 20.7 Å². The summed E-state index contributed by atoms with van der Waals surface area (Å²) in [4.78, 5) is 14.1. The topological polar surface area (TPSA) is 77.5 Å². The van der Waals surface area contributed by atoms with Gasteiger partial charge in [0.25, 0.3) is 0 Å². The van der Waals surface area contributed by atoms with E-state index >= 15 is 0 Å². The Labute approximate surface area is 165 Å². The van der Waals surface area contributed by atoms with E-state index in [9.17, 15) is 9.90 Å². The number of nitrogens with zero attached hydrogens (tertiary/aromatic N) is 1. The van der Waals surface area contributed by atoms with E-state index in [0.717, 1.165) is 12.8 Å². The van der Waals surface area contributed by atoms with Crippen LogP contribution in [-0.4, -0.2) is 77.1 Å². The van der Waals surface area contributed by atoms with Gasteiger partial charge in [-0.2, -0.15) is 0 Å². The molecule has 1 aliphatic rings. The minimum atomic E-state index is -2.87. The molecule has 0 aromatic carbocycles. The summed E-state index contributed by atoms with van der Waals surface area (Å²) in [5.74, 6) is -1.24. The van der Waals surface area contributed by atoms with Gasteiger partial charge in [-0.1, -0.05) is 19.3 Å². The SMILES string of the molecule is CCO[Si](CN(CC(CCOC)C(=O)O)C1CCCCC1)(OCC)OCC. The second kappa shape index (κ2) is 13.6. The molecule has 0 heterocycles. The van der Waals surface area contributed by atoms with Crippen LogP contribution in [0.1, 0.15) is 59.3 Å². The Kier molecular flexibility index (Phi) is 12.4. The van der Waals surface area contributed by atoms with Gasteiger partial charge in [-0.25, -0.2) is 0 Å². The summed E-state index contributed by atoms with van der Waals surface area (Å²) in [6, 6.07) is 0.358. The second-order valence-electron chi connectivity index (χ2n) is 7.02. The van der Waals surface area contributed by atoms with Crippen molar-refractivity contribution in [2.24, 2.45) is 5.92 Å². The van der Waals surface area contributed by atoms with Gasteiger partial charge < -0.3 is 23.1 Å². The van der Waals surface area contributed by atoms with Crippen molar-refractivity contribution in [3.63, 3.8) is 0 Å². The van der Waals surface area contributed by atoms with E-state index in [-0.39, 0.29) is 0 Å². The van der Waals surface area contributed by atoms with Gasteiger partial charge in [-0.15, -0.1) is 0 Å². The number of hydrogen-bond acceptors (Lipinski definition) is 6. The predicted molar refractivity (Wildman–Crippen MR) is 107 cm³/mol. The van der Waals surface area contributed by atoms with Crippen molar-refractivity contribution in [2.45, 2.75) is 65.3 Å². The lowest BCUT2D eigenvalue weighted by atomic mass is 9.93. The predicted octanol–water partition coefficient (Wildman–Crippen LogP) is 2.95. The average molecular weight is 406 g/mol. The van der Waals surface area contributed by atoms with Crippen LogP contribution in [0.2, 0.25) is 0 Å². The zero-order chi connectivity index (χ0) is 20.1. The lowest BCUT2D eigenvalue weighted by molar-refractivity contribution is -0.143. The van der Waals surface area contributed by atoms with E-state index in [2.05, 4.69) is 4.90 Å². The summed E-state index contributed by atoms with van der Waals surface area (Å²) >= 11 is 0. The van der Waals surface area contributed by atoms with Gasteiger partial charge in [0.2, 0.25) is 0 Å². The molecular weight excluding hydrogens is 366 g/mol. The number of ether oxygens (including phenoxy) is 1. The van der Waals surface area contributed by atoms with E-state index in [4.69, 9.17) is 18.0 Å². The fourth-order valence-electron chi connectivity index (χ4n) is 3.80. The molecule has 27 heavy (non-hydrogen) atoms. The van der Waals surface area contributed by atoms with Crippen LogP contribution in [0.3, 0.4) is 0 Å². The van der Waals surface area contributed by atoms with Crippen LogP contribution < -0.4 is 0 Å². The van der Waals surface area contributed by atoms with E-state index in [1.165, 1.54) is 19.3 Å². The van der Waals surface area contributed by atoms with Crippen LogP contribution in [0.5, 0.6) is 0 Å². The number of carboxylic acids is 1. The molecule has 1 N–H and O–H groups in total. The Hall–Kier alpha value is -0.513. The Bertz CT molecular complexity index is 389. The lowest BCUT2D eigenvalue weighted by Crippen LogP contribution is -2.58. The smallest absolute Gasteiger partial charge is 0.481 e. The molecule has 0 radical (unpaired) electrons. The maximum Gasteiger partial charge on any atom is 0.515 e. The van der Waals surface area contributed by atoms with Crippen molar-refractivity contribution in [3.05, 3.63) is 0 Å². The average Bonchev–Trinajstić information content (AvgIpc) is 2.65. The van der Waals surface area contributed by atoms with Crippen LogP contribution in [0.4, 0.5) is 0 Å². The molecule has 1 aliphatic carbocycles. The number of rotatable bonds is 15. The van der Waals surface area contributed by atoms with Crippen molar-refractivity contribution in [3.8, 4) is 0 Å². The van der Waals surface area contributed by atoms with E-state index in [0.29, 0.717) is 51.6 Å². The maximum absolute atomic E-state index is 11.8. The van der Waals surface area contributed by atoms with Crippen LogP contribution in [0.25, 0.3) is 0 Å². The molecule has 8 heteroatoms. The molecule has 1 unspecified atom stereocenters. The van der Waals surface area contributed by atoms with Crippen LogP contribution >= 0.6 is 0 Å². The molecule has 7 nitrogen and oxygen atoms in total. The summed E-state index contributed by atoms with van der Waals surface area (Å²) in [6.45, 7) is 8.34. The van der Waals surface area contributed by atoms with Crippen molar-refractivity contribution < 1.29 is 27.9 Å². The monoisotopic (exact) mass is 405 g/mol. The first-order chi connectivity index (χ1) is 13.0. The number of aliphatic carboxylic acids is 1. The highest BCUT2D eigenvalue weighted by molar-refractivity contribution is 6.60. The summed E-state index contributed by atoms with van der Waals surface area (Å²) in [7, 11) is -1.27. The second-order valence-corrected chi connectivity index (χ2v) is 9.57. The van der Waals surface area contributed by atoms with Gasteiger partial charge >= 0.3 is 14.8 Å². The molecule has 0 spiro atoms. The van der Waals surface area contributed by atoms with E-state index in [1.807, 2.05) is 20.8 Å². The van der Waals surface area contributed by atoms with Crippen LogP contribution in [-0.2, 0) is 22.8 Å². The number of hydrogen-bond donors (Lipinski definition) is 1. The summed E-state index contributed by atoms with van der Waals surface area (Å²) in [5, 5.41) is 9.69. The Morgan fingerprint density at radius 2 is 1.63 bits per heavy atom. The molecule has 1 atom stereocenters. The van der Waals surface area contributed by atoms with Gasteiger partial charge in [0, 0.05) is 46.1 Å². The number of methoxy groups -OCH3 is 1. The Balaban J connectivity index is 3.00.